The van der Waals surface area contributed by atoms with E-state index in [1.54, 1.807) is 24.0 Å². The average Bonchev–Trinajstić information content (AvgIpc) is 2.92. The lowest BCUT2D eigenvalue weighted by Crippen LogP contribution is -2.24. The molecule has 0 radical (unpaired) electrons. The number of hydrogen-bond donors (Lipinski definition) is 1. The van der Waals surface area contributed by atoms with Crippen molar-refractivity contribution in [3.8, 4) is 0 Å². The highest BCUT2D eigenvalue weighted by atomic mass is 35.5. The largest absolute Gasteiger partial charge is 0.346 e. The molecule has 2 aromatic rings. The lowest BCUT2D eigenvalue weighted by atomic mass is 10.3. The van der Waals surface area contributed by atoms with Crippen molar-refractivity contribution in [2.24, 2.45) is 7.05 Å². The Balaban J connectivity index is 2.01. The Bertz CT molecular complexity index is 563. The molecule has 0 aliphatic carbocycles. The number of halogens is 1. The van der Waals surface area contributed by atoms with Crippen molar-refractivity contribution in [3.63, 3.8) is 0 Å². The molecule has 2 aromatic heterocycles. The average molecular weight is 285 g/mol. The molecule has 7 heteroatoms. The maximum Gasteiger partial charge on any atom is 0.269 e. The van der Waals surface area contributed by atoms with Crippen LogP contribution in [0.1, 0.15) is 28.0 Å². The molecule has 0 aromatic carbocycles. The summed E-state index contributed by atoms with van der Waals surface area (Å²) >= 11 is 7.08. The minimum absolute atomic E-state index is 0.144. The van der Waals surface area contributed by atoms with E-state index < -0.39 is 0 Å². The fourth-order valence-electron chi connectivity index (χ4n) is 1.54. The standard InChI is InChI=1S/C11H13ClN4OS/c1-3-7-4-9(16(2)15-7)10(17)13-5-8-6-14-11(12)18-8/h4,6H,3,5H2,1-2H3,(H,13,17). The molecule has 0 spiro atoms. The van der Waals surface area contributed by atoms with Crippen LogP contribution >= 0.6 is 22.9 Å². The van der Waals surface area contributed by atoms with Crippen LogP contribution < -0.4 is 5.32 Å². The van der Waals surface area contributed by atoms with Gasteiger partial charge in [0.05, 0.1) is 12.2 Å². The molecule has 0 unspecified atom stereocenters. The van der Waals surface area contributed by atoms with Crippen LogP contribution in [0.25, 0.3) is 0 Å². The zero-order valence-electron chi connectivity index (χ0n) is 10.1. The molecule has 2 heterocycles. The summed E-state index contributed by atoms with van der Waals surface area (Å²) in [6, 6.07) is 1.80. The Hall–Kier alpha value is -1.40. The van der Waals surface area contributed by atoms with Gasteiger partial charge in [0, 0.05) is 18.1 Å². The normalized spacial score (nSPS) is 10.6. The van der Waals surface area contributed by atoms with Gasteiger partial charge in [0.25, 0.3) is 5.91 Å². The van der Waals surface area contributed by atoms with Crippen LogP contribution in [-0.4, -0.2) is 20.7 Å². The van der Waals surface area contributed by atoms with Crippen molar-refractivity contribution in [2.45, 2.75) is 19.9 Å². The highest BCUT2D eigenvalue weighted by molar-refractivity contribution is 7.15. The zero-order valence-corrected chi connectivity index (χ0v) is 11.7. The number of rotatable bonds is 4. The van der Waals surface area contributed by atoms with Gasteiger partial charge in [0.15, 0.2) is 4.47 Å². The van der Waals surface area contributed by atoms with Crippen molar-refractivity contribution in [1.29, 1.82) is 0 Å². The van der Waals surface area contributed by atoms with Crippen molar-refractivity contribution in [3.05, 3.63) is 33.0 Å². The van der Waals surface area contributed by atoms with Crippen LogP contribution in [0.15, 0.2) is 12.3 Å². The van der Waals surface area contributed by atoms with E-state index in [-0.39, 0.29) is 5.91 Å². The molecule has 0 aliphatic rings. The number of nitrogens with one attached hydrogen (secondary N) is 1. The number of hydrogen-bond acceptors (Lipinski definition) is 4. The Morgan fingerprint density at radius 1 is 1.61 bits per heavy atom. The van der Waals surface area contributed by atoms with Gasteiger partial charge in [-0.3, -0.25) is 9.48 Å². The Morgan fingerprint density at radius 2 is 2.39 bits per heavy atom. The molecule has 0 atom stereocenters. The fraction of sp³-hybridized carbons (Fsp3) is 0.364. The summed E-state index contributed by atoms with van der Waals surface area (Å²) in [5.74, 6) is -0.144. The van der Waals surface area contributed by atoms with E-state index in [0.717, 1.165) is 17.0 Å². The molecule has 0 saturated heterocycles. The minimum atomic E-state index is -0.144. The maximum atomic E-state index is 12.0. The molecule has 0 aliphatic heterocycles. The third-order valence-electron chi connectivity index (χ3n) is 2.47. The summed E-state index contributed by atoms with van der Waals surface area (Å²) in [5, 5.41) is 7.05. The lowest BCUT2D eigenvalue weighted by molar-refractivity contribution is 0.0942. The van der Waals surface area contributed by atoms with Gasteiger partial charge < -0.3 is 5.32 Å². The second kappa shape index (κ2) is 5.49. The first kappa shape index (κ1) is 13.0. The molecule has 2 rings (SSSR count). The summed E-state index contributed by atoms with van der Waals surface area (Å²) in [4.78, 5) is 16.8. The number of carbonyl (C=O) groups is 1. The second-order valence-electron chi connectivity index (χ2n) is 3.76. The third-order valence-corrected chi connectivity index (χ3v) is 3.59. The number of carbonyl (C=O) groups excluding carboxylic acids is 1. The van der Waals surface area contributed by atoms with Gasteiger partial charge in [-0.05, 0) is 12.5 Å². The quantitative estimate of drug-likeness (QED) is 0.934. The first-order valence-electron chi connectivity index (χ1n) is 5.51. The van der Waals surface area contributed by atoms with E-state index in [4.69, 9.17) is 11.6 Å². The highest BCUT2D eigenvalue weighted by Crippen LogP contribution is 2.17. The molecule has 1 N–H and O–H groups in total. The predicted molar refractivity (Wildman–Crippen MR) is 70.9 cm³/mol. The molecule has 0 fully saturated rings. The van der Waals surface area contributed by atoms with Gasteiger partial charge in [-0.25, -0.2) is 4.98 Å². The van der Waals surface area contributed by atoms with E-state index in [1.165, 1.54) is 11.3 Å². The molecule has 1 amide bonds. The van der Waals surface area contributed by atoms with E-state index in [2.05, 4.69) is 15.4 Å². The lowest BCUT2D eigenvalue weighted by Gasteiger charge is -2.02. The van der Waals surface area contributed by atoms with Gasteiger partial charge in [-0.15, -0.1) is 11.3 Å². The van der Waals surface area contributed by atoms with E-state index >= 15 is 0 Å². The molecule has 5 nitrogen and oxygen atoms in total. The van der Waals surface area contributed by atoms with E-state index in [0.29, 0.717) is 16.7 Å². The highest BCUT2D eigenvalue weighted by Gasteiger charge is 2.12. The predicted octanol–water partition coefficient (Wildman–Crippen LogP) is 2.02. The maximum absolute atomic E-state index is 12.0. The number of thiazole rings is 1. The van der Waals surface area contributed by atoms with Crippen molar-refractivity contribution in [2.75, 3.05) is 0 Å². The van der Waals surface area contributed by atoms with Crippen molar-refractivity contribution >= 4 is 28.8 Å². The zero-order chi connectivity index (χ0) is 13.1. The number of aryl methyl sites for hydroxylation is 2. The van der Waals surface area contributed by atoms with Crippen molar-refractivity contribution < 1.29 is 4.79 Å². The van der Waals surface area contributed by atoms with Crippen LogP contribution in [0.4, 0.5) is 0 Å². The molecule has 0 saturated carbocycles. The second-order valence-corrected chi connectivity index (χ2v) is 5.46. The number of nitrogens with zero attached hydrogens (tertiary/aromatic N) is 3. The van der Waals surface area contributed by atoms with Crippen LogP contribution in [0.3, 0.4) is 0 Å². The van der Waals surface area contributed by atoms with E-state index in [1.807, 2.05) is 6.92 Å². The first-order valence-corrected chi connectivity index (χ1v) is 6.71. The fourth-order valence-corrected chi connectivity index (χ4v) is 2.45. The summed E-state index contributed by atoms with van der Waals surface area (Å²) in [6.45, 7) is 2.43. The van der Waals surface area contributed by atoms with Gasteiger partial charge in [-0.2, -0.15) is 5.10 Å². The van der Waals surface area contributed by atoms with Gasteiger partial charge in [0.1, 0.15) is 5.69 Å². The molecular weight excluding hydrogens is 272 g/mol. The van der Waals surface area contributed by atoms with Crippen LogP contribution in [-0.2, 0) is 20.0 Å². The summed E-state index contributed by atoms with van der Waals surface area (Å²) < 4.78 is 2.07. The number of aromatic nitrogens is 3. The summed E-state index contributed by atoms with van der Waals surface area (Å²) in [6.07, 6.45) is 2.47. The molecular formula is C11H13ClN4OS. The van der Waals surface area contributed by atoms with Gasteiger partial charge in [0.2, 0.25) is 0 Å². The Labute approximate surface area is 114 Å². The van der Waals surface area contributed by atoms with Crippen LogP contribution in [0.2, 0.25) is 4.47 Å². The smallest absolute Gasteiger partial charge is 0.269 e. The Morgan fingerprint density at radius 3 is 2.94 bits per heavy atom. The molecule has 0 bridgehead atoms. The minimum Gasteiger partial charge on any atom is -0.346 e. The number of amides is 1. The molecule has 96 valence electrons. The molecule has 18 heavy (non-hydrogen) atoms. The summed E-state index contributed by atoms with van der Waals surface area (Å²) in [7, 11) is 1.76. The summed E-state index contributed by atoms with van der Waals surface area (Å²) in [5.41, 5.74) is 1.46. The first-order chi connectivity index (χ1) is 8.60. The van der Waals surface area contributed by atoms with Gasteiger partial charge >= 0.3 is 0 Å². The van der Waals surface area contributed by atoms with Crippen LogP contribution in [0, 0.1) is 0 Å². The van der Waals surface area contributed by atoms with Gasteiger partial charge in [-0.1, -0.05) is 18.5 Å². The van der Waals surface area contributed by atoms with E-state index in [9.17, 15) is 4.79 Å². The monoisotopic (exact) mass is 284 g/mol. The third kappa shape index (κ3) is 2.88. The Kier molecular flexibility index (Phi) is 3.98. The SMILES string of the molecule is CCc1cc(C(=O)NCc2cnc(Cl)s2)n(C)n1. The van der Waals surface area contributed by atoms with Crippen LogP contribution in [0.5, 0.6) is 0 Å². The topological polar surface area (TPSA) is 59.8 Å². The van der Waals surface area contributed by atoms with Crippen molar-refractivity contribution in [1.82, 2.24) is 20.1 Å².